The molecule has 0 aliphatic carbocycles. The smallest absolute Gasteiger partial charge is 0.273 e. The lowest BCUT2D eigenvalue weighted by atomic mass is 10.1. The number of H-pyrrole nitrogens is 1. The highest BCUT2D eigenvalue weighted by atomic mass is 16.6. The fraction of sp³-hybridized carbons (Fsp3) is 0.222. The quantitative estimate of drug-likeness (QED) is 0.553. The Morgan fingerprint density at radius 1 is 1.22 bits per heavy atom. The van der Waals surface area contributed by atoms with Gasteiger partial charge in [0.1, 0.15) is 12.2 Å². The molecule has 27 heavy (non-hydrogen) atoms. The number of aromatic amines is 1. The Morgan fingerprint density at radius 2 is 2.00 bits per heavy atom. The maximum Gasteiger partial charge on any atom is 0.273 e. The summed E-state index contributed by atoms with van der Waals surface area (Å²) < 4.78 is 0. The van der Waals surface area contributed by atoms with Crippen LogP contribution in [-0.4, -0.2) is 36.3 Å². The van der Waals surface area contributed by atoms with E-state index in [1.807, 2.05) is 4.90 Å². The van der Waals surface area contributed by atoms with Crippen LogP contribution in [0.5, 0.6) is 0 Å². The van der Waals surface area contributed by atoms with Crippen LogP contribution in [0.3, 0.4) is 0 Å². The molecule has 0 amide bonds. The Balaban J connectivity index is 1.59. The Bertz CT molecular complexity index is 1050. The molecule has 1 N–H and O–H groups in total. The summed E-state index contributed by atoms with van der Waals surface area (Å²) in [6.45, 7) is 1.47. The molecule has 0 unspecified atom stereocenters. The summed E-state index contributed by atoms with van der Waals surface area (Å²) >= 11 is 0. The minimum atomic E-state index is -0.379. The highest BCUT2D eigenvalue weighted by Gasteiger charge is 2.23. The topological polar surface area (TPSA) is 118 Å². The number of hydrogen-bond acceptors (Lipinski definition) is 7. The van der Waals surface area contributed by atoms with Crippen molar-refractivity contribution in [2.75, 3.05) is 6.54 Å². The molecule has 2 aromatic heterocycles. The summed E-state index contributed by atoms with van der Waals surface area (Å²) in [5.41, 5.74) is 2.52. The molecule has 0 saturated heterocycles. The number of para-hydroxylation sites is 1. The van der Waals surface area contributed by atoms with E-state index in [0.717, 1.165) is 5.69 Å². The van der Waals surface area contributed by atoms with Crippen molar-refractivity contribution < 1.29 is 4.92 Å². The fourth-order valence-electron chi connectivity index (χ4n) is 3.24. The van der Waals surface area contributed by atoms with E-state index in [1.165, 1.54) is 12.4 Å². The third-order valence-electron chi connectivity index (χ3n) is 4.56. The Hall–Kier alpha value is -3.46. The first kappa shape index (κ1) is 17.0. The highest BCUT2D eigenvalue weighted by molar-refractivity contribution is 5.52. The molecule has 1 aromatic carbocycles. The first-order valence-corrected chi connectivity index (χ1v) is 8.44. The second-order valence-corrected chi connectivity index (χ2v) is 6.31. The molecule has 1 aliphatic heterocycles. The number of nitrogens with zero attached hydrogens (tertiary/aromatic N) is 5. The molecule has 3 heterocycles. The van der Waals surface area contributed by atoms with Crippen LogP contribution in [0.25, 0.3) is 11.4 Å². The van der Waals surface area contributed by atoms with Gasteiger partial charge in [-0.2, -0.15) is 0 Å². The van der Waals surface area contributed by atoms with Crippen molar-refractivity contribution in [1.29, 1.82) is 0 Å². The van der Waals surface area contributed by atoms with Crippen LogP contribution in [0.15, 0.2) is 47.8 Å². The second kappa shape index (κ2) is 7.04. The molecule has 0 atom stereocenters. The minimum Gasteiger partial charge on any atom is -0.306 e. The van der Waals surface area contributed by atoms with Crippen LogP contribution < -0.4 is 5.56 Å². The van der Waals surface area contributed by atoms with Gasteiger partial charge in [-0.25, -0.2) is 15.0 Å². The van der Waals surface area contributed by atoms with E-state index in [1.54, 1.807) is 30.6 Å². The number of nitro groups is 1. The SMILES string of the molecule is O=c1[nH]c(-c2cncnc2)nc2c1CN(Cc1ccccc1[N+](=O)[O-])CC2. The first-order chi connectivity index (χ1) is 13.1. The fourth-order valence-corrected chi connectivity index (χ4v) is 3.24. The maximum absolute atomic E-state index is 12.6. The summed E-state index contributed by atoms with van der Waals surface area (Å²) in [5, 5.41) is 11.2. The lowest BCUT2D eigenvalue weighted by molar-refractivity contribution is -0.385. The molecule has 1 aliphatic rings. The van der Waals surface area contributed by atoms with Gasteiger partial charge in [-0.3, -0.25) is 19.8 Å². The molecule has 0 bridgehead atoms. The molecular formula is C18H16N6O3. The summed E-state index contributed by atoms with van der Waals surface area (Å²) in [7, 11) is 0. The standard InChI is InChI=1S/C18H16N6O3/c25-18-14-10-23(9-12-3-1-2-4-16(12)24(26)27)6-5-15(14)21-17(22-18)13-7-19-11-20-8-13/h1-4,7-8,11H,5-6,9-10H2,(H,21,22,25). The van der Waals surface area contributed by atoms with Gasteiger partial charge in [0.25, 0.3) is 11.2 Å². The molecule has 3 aromatic rings. The van der Waals surface area contributed by atoms with Gasteiger partial charge in [0, 0.05) is 50.1 Å². The lowest BCUT2D eigenvalue weighted by Crippen LogP contribution is -2.35. The average molecular weight is 364 g/mol. The molecule has 0 radical (unpaired) electrons. The predicted molar refractivity (Wildman–Crippen MR) is 96.8 cm³/mol. The van der Waals surface area contributed by atoms with Crippen LogP contribution in [-0.2, 0) is 19.5 Å². The van der Waals surface area contributed by atoms with E-state index in [9.17, 15) is 14.9 Å². The van der Waals surface area contributed by atoms with Gasteiger partial charge < -0.3 is 4.98 Å². The van der Waals surface area contributed by atoms with Gasteiger partial charge in [-0.05, 0) is 0 Å². The van der Waals surface area contributed by atoms with Gasteiger partial charge in [-0.1, -0.05) is 18.2 Å². The summed E-state index contributed by atoms with van der Waals surface area (Å²) in [4.78, 5) is 40.6. The first-order valence-electron chi connectivity index (χ1n) is 8.44. The van der Waals surface area contributed by atoms with Crippen molar-refractivity contribution in [1.82, 2.24) is 24.8 Å². The van der Waals surface area contributed by atoms with Crippen LogP contribution in [0, 0.1) is 10.1 Å². The van der Waals surface area contributed by atoms with Crippen molar-refractivity contribution in [3.05, 3.63) is 80.3 Å². The monoisotopic (exact) mass is 364 g/mol. The van der Waals surface area contributed by atoms with E-state index < -0.39 is 0 Å². The van der Waals surface area contributed by atoms with Crippen LogP contribution >= 0.6 is 0 Å². The largest absolute Gasteiger partial charge is 0.306 e. The van der Waals surface area contributed by atoms with Gasteiger partial charge in [0.05, 0.1) is 21.7 Å². The summed E-state index contributed by atoms with van der Waals surface area (Å²) in [6, 6.07) is 6.67. The zero-order chi connectivity index (χ0) is 18.8. The lowest BCUT2D eigenvalue weighted by Gasteiger charge is -2.27. The maximum atomic E-state index is 12.6. The Morgan fingerprint density at radius 3 is 2.78 bits per heavy atom. The van der Waals surface area contributed by atoms with Gasteiger partial charge in [-0.15, -0.1) is 0 Å². The zero-order valence-corrected chi connectivity index (χ0v) is 14.3. The number of rotatable bonds is 4. The van der Waals surface area contributed by atoms with Gasteiger partial charge in [0.2, 0.25) is 0 Å². The molecule has 0 saturated carbocycles. The van der Waals surface area contributed by atoms with Crippen molar-refractivity contribution in [2.45, 2.75) is 19.5 Å². The number of benzene rings is 1. The number of fused-ring (bicyclic) bond motifs is 1. The number of hydrogen-bond donors (Lipinski definition) is 1. The highest BCUT2D eigenvalue weighted by Crippen LogP contribution is 2.23. The molecule has 0 fully saturated rings. The number of aromatic nitrogens is 4. The van der Waals surface area contributed by atoms with E-state index in [4.69, 9.17) is 0 Å². The molecule has 136 valence electrons. The van der Waals surface area contributed by atoms with Gasteiger partial charge >= 0.3 is 0 Å². The summed E-state index contributed by atoms with van der Waals surface area (Å²) in [5.74, 6) is 0.450. The Labute approximate surface area is 153 Å². The normalized spacial score (nSPS) is 13.9. The van der Waals surface area contributed by atoms with Crippen molar-refractivity contribution in [2.24, 2.45) is 0 Å². The number of nitro benzene ring substituents is 1. The molecule has 9 heteroatoms. The van der Waals surface area contributed by atoms with E-state index in [0.29, 0.717) is 48.6 Å². The predicted octanol–water partition coefficient (Wildman–Crippen LogP) is 1.69. The molecule has 4 rings (SSSR count). The Kier molecular flexibility index (Phi) is 4.43. The van der Waals surface area contributed by atoms with Crippen molar-refractivity contribution in [3.63, 3.8) is 0 Å². The van der Waals surface area contributed by atoms with Crippen LogP contribution in [0.4, 0.5) is 5.69 Å². The van der Waals surface area contributed by atoms with Crippen molar-refractivity contribution in [3.8, 4) is 11.4 Å². The molecular weight excluding hydrogens is 348 g/mol. The van der Waals surface area contributed by atoms with Crippen LogP contribution in [0.1, 0.15) is 16.8 Å². The van der Waals surface area contributed by atoms with Gasteiger partial charge in [0.15, 0.2) is 0 Å². The average Bonchev–Trinajstić information content (AvgIpc) is 2.69. The third kappa shape index (κ3) is 3.44. The molecule has 0 spiro atoms. The zero-order valence-electron chi connectivity index (χ0n) is 14.3. The minimum absolute atomic E-state index is 0.0924. The van der Waals surface area contributed by atoms with Crippen molar-refractivity contribution >= 4 is 5.69 Å². The van der Waals surface area contributed by atoms with E-state index in [2.05, 4.69) is 19.9 Å². The summed E-state index contributed by atoms with van der Waals surface area (Å²) in [6.07, 6.45) is 5.21. The third-order valence-corrected chi connectivity index (χ3v) is 4.56. The van der Waals surface area contributed by atoms with Crippen LogP contribution in [0.2, 0.25) is 0 Å². The number of nitrogens with one attached hydrogen (secondary N) is 1. The van der Waals surface area contributed by atoms with E-state index >= 15 is 0 Å². The second-order valence-electron chi connectivity index (χ2n) is 6.31. The molecule has 9 nitrogen and oxygen atoms in total. The van der Waals surface area contributed by atoms with E-state index in [-0.39, 0.29) is 16.2 Å².